The molecule has 2 aromatic carbocycles. The largest absolute Gasteiger partial charge is 0.478 e. The average Bonchev–Trinajstić information content (AvgIpc) is 2.40. The monoisotopic (exact) mass is 289 g/mol. The molecule has 0 saturated carbocycles. The first-order valence-corrected chi connectivity index (χ1v) is 6.01. The Morgan fingerprint density at radius 2 is 1.76 bits per heavy atom. The number of aryl methyl sites for hydroxylation is 1. The van der Waals surface area contributed by atoms with Crippen LogP contribution in [0.1, 0.15) is 26.3 Å². The number of halogens is 1. The normalized spacial score (nSPS) is 10.2. The van der Waals surface area contributed by atoms with Crippen molar-refractivity contribution in [2.45, 2.75) is 6.92 Å². The van der Waals surface area contributed by atoms with Gasteiger partial charge in [0.1, 0.15) is 5.82 Å². The Balaban J connectivity index is 2.43. The molecule has 0 aliphatic carbocycles. The van der Waals surface area contributed by atoms with Crippen LogP contribution in [0.4, 0.5) is 15.8 Å². The van der Waals surface area contributed by atoms with Crippen LogP contribution in [0, 0.1) is 12.7 Å². The van der Waals surface area contributed by atoms with Crippen LogP contribution < -0.4 is 5.32 Å². The SMILES string of the molecule is Cc1ccc(Nc2cc(F)cc(C(=O)O)c2)c(C(=O)O)c1. The molecular weight excluding hydrogens is 277 g/mol. The van der Waals surface area contributed by atoms with Crippen LogP contribution in [-0.4, -0.2) is 22.2 Å². The molecule has 0 spiro atoms. The molecule has 2 rings (SSSR count). The lowest BCUT2D eigenvalue weighted by atomic mass is 10.1. The summed E-state index contributed by atoms with van der Waals surface area (Å²) in [4.78, 5) is 22.1. The fraction of sp³-hybridized carbons (Fsp3) is 0.0667. The number of anilines is 2. The van der Waals surface area contributed by atoms with Gasteiger partial charge in [-0.1, -0.05) is 11.6 Å². The number of aromatic carboxylic acids is 2. The highest BCUT2D eigenvalue weighted by Gasteiger charge is 2.12. The van der Waals surface area contributed by atoms with Crippen LogP contribution in [0.25, 0.3) is 0 Å². The summed E-state index contributed by atoms with van der Waals surface area (Å²) in [6.07, 6.45) is 0. The summed E-state index contributed by atoms with van der Waals surface area (Å²) in [5.41, 5.74) is 0.995. The van der Waals surface area contributed by atoms with Crippen molar-refractivity contribution < 1.29 is 24.2 Å². The smallest absolute Gasteiger partial charge is 0.337 e. The zero-order chi connectivity index (χ0) is 15.6. The fourth-order valence-corrected chi connectivity index (χ4v) is 1.88. The Morgan fingerprint density at radius 3 is 2.38 bits per heavy atom. The van der Waals surface area contributed by atoms with Crippen LogP contribution in [-0.2, 0) is 0 Å². The number of carboxylic acids is 2. The molecule has 0 bridgehead atoms. The number of carbonyl (C=O) groups is 2. The fourth-order valence-electron chi connectivity index (χ4n) is 1.88. The lowest BCUT2D eigenvalue weighted by Crippen LogP contribution is -2.04. The molecule has 0 amide bonds. The predicted molar refractivity (Wildman–Crippen MR) is 74.8 cm³/mol. The minimum absolute atomic E-state index is 0.0242. The molecule has 0 atom stereocenters. The van der Waals surface area contributed by atoms with E-state index in [1.54, 1.807) is 19.1 Å². The van der Waals surface area contributed by atoms with Crippen molar-refractivity contribution in [3.05, 3.63) is 58.9 Å². The van der Waals surface area contributed by atoms with E-state index in [2.05, 4.69) is 5.32 Å². The highest BCUT2D eigenvalue weighted by molar-refractivity contribution is 5.96. The second-order valence-corrected chi connectivity index (χ2v) is 4.51. The van der Waals surface area contributed by atoms with Gasteiger partial charge in [-0.25, -0.2) is 14.0 Å². The van der Waals surface area contributed by atoms with Crippen molar-refractivity contribution in [1.29, 1.82) is 0 Å². The molecule has 0 fully saturated rings. The first-order valence-electron chi connectivity index (χ1n) is 6.01. The topological polar surface area (TPSA) is 86.6 Å². The lowest BCUT2D eigenvalue weighted by molar-refractivity contribution is 0.0686. The van der Waals surface area contributed by atoms with Gasteiger partial charge in [-0.2, -0.15) is 0 Å². The van der Waals surface area contributed by atoms with Gasteiger partial charge in [-0.05, 0) is 37.3 Å². The second-order valence-electron chi connectivity index (χ2n) is 4.51. The number of benzene rings is 2. The predicted octanol–water partition coefficient (Wildman–Crippen LogP) is 3.27. The number of hydrogen-bond donors (Lipinski definition) is 3. The van der Waals surface area contributed by atoms with E-state index < -0.39 is 17.8 Å². The van der Waals surface area contributed by atoms with E-state index in [0.717, 1.165) is 17.7 Å². The molecule has 108 valence electrons. The maximum absolute atomic E-state index is 13.4. The van der Waals surface area contributed by atoms with Crippen molar-refractivity contribution in [3.63, 3.8) is 0 Å². The van der Waals surface area contributed by atoms with Gasteiger partial charge >= 0.3 is 11.9 Å². The van der Waals surface area contributed by atoms with Crippen molar-refractivity contribution in [2.24, 2.45) is 0 Å². The molecule has 0 aliphatic rings. The van der Waals surface area contributed by atoms with Crippen LogP contribution >= 0.6 is 0 Å². The third-order valence-corrected chi connectivity index (χ3v) is 2.83. The maximum atomic E-state index is 13.4. The molecule has 0 saturated heterocycles. The number of nitrogens with one attached hydrogen (secondary N) is 1. The first-order chi connectivity index (χ1) is 9.86. The summed E-state index contributed by atoms with van der Waals surface area (Å²) in [5.74, 6) is -3.11. The average molecular weight is 289 g/mol. The van der Waals surface area contributed by atoms with E-state index in [0.29, 0.717) is 0 Å². The Bertz CT molecular complexity index is 728. The van der Waals surface area contributed by atoms with Crippen LogP contribution in [0.15, 0.2) is 36.4 Å². The van der Waals surface area contributed by atoms with E-state index >= 15 is 0 Å². The van der Waals surface area contributed by atoms with E-state index in [9.17, 15) is 14.0 Å². The maximum Gasteiger partial charge on any atom is 0.337 e. The van der Waals surface area contributed by atoms with Gasteiger partial charge in [0.25, 0.3) is 0 Å². The van der Waals surface area contributed by atoms with Gasteiger partial charge in [0, 0.05) is 5.69 Å². The van der Waals surface area contributed by atoms with Crippen LogP contribution in [0.2, 0.25) is 0 Å². The lowest BCUT2D eigenvalue weighted by Gasteiger charge is -2.11. The molecule has 6 heteroatoms. The summed E-state index contributed by atoms with van der Waals surface area (Å²) in [6, 6.07) is 7.94. The first kappa shape index (κ1) is 14.5. The minimum Gasteiger partial charge on any atom is -0.478 e. The summed E-state index contributed by atoms with van der Waals surface area (Å²) in [5, 5.41) is 20.8. The number of carboxylic acid groups (broad SMARTS) is 2. The molecule has 0 aliphatic heterocycles. The third-order valence-electron chi connectivity index (χ3n) is 2.83. The molecule has 21 heavy (non-hydrogen) atoms. The second kappa shape index (κ2) is 5.62. The van der Waals surface area contributed by atoms with Gasteiger partial charge in [0.05, 0.1) is 16.8 Å². The van der Waals surface area contributed by atoms with E-state index in [1.165, 1.54) is 12.1 Å². The highest BCUT2D eigenvalue weighted by atomic mass is 19.1. The van der Waals surface area contributed by atoms with E-state index in [1.807, 2.05) is 0 Å². The quantitative estimate of drug-likeness (QED) is 0.804. The van der Waals surface area contributed by atoms with Gasteiger partial charge in [-0.15, -0.1) is 0 Å². The van der Waals surface area contributed by atoms with Crippen molar-refractivity contribution in [3.8, 4) is 0 Å². The third kappa shape index (κ3) is 3.36. The minimum atomic E-state index is -1.26. The Kier molecular flexibility index (Phi) is 3.89. The van der Waals surface area contributed by atoms with Crippen molar-refractivity contribution >= 4 is 23.3 Å². The molecule has 5 nitrogen and oxygen atoms in total. The van der Waals surface area contributed by atoms with Crippen LogP contribution in [0.3, 0.4) is 0 Å². The highest BCUT2D eigenvalue weighted by Crippen LogP contribution is 2.24. The van der Waals surface area contributed by atoms with Crippen molar-refractivity contribution in [2.75, 3.05) is 5.32 Å². The zero-order valence-corrected chi connectivity index (χ0v) is 11.1. The summed E-state index contributed by atoms with van der Waals surface area (Å²) in [6.45, 7) is 1.75. The molecule has 0 radical (unpaired) electrons. The molecule has 0 unspecified atom stereocenters. The Hall–Kier alpha value is -2.89. The summed E-state index contributed by atoms with van der Waals surface area (Å²) in [7, 11) is 0. The molecular formula is C15H12FNO4. The molecule has 3 N–H and O–H groups in total. The Labute approximate surface area is 119 Å². The number of rotatable bonds is 4. The van der Waals surface area contributed by atoms with Crippen molar-refractivity contribution in [1.82, 2.24) is 0 Å². The van der Waals surface area contributed by atoms with Gasteiger partial charge in [-0.3, -0.25) is 0 Å². The van der Waals surface area contributed by atoms with Crippen LogP contribution in [0.5, 0.6) is 0 Å². The molecule has 2 aromatic rings. The van der Waals surface area contributed by atoms with Gasteiger partial charge in [0.15, 0.2) is 0 Å². The molecule has 0 aromatic heterocycles. The van der Waals surface area contributed by atoms with Gasteiger partial charge < -0.3 is 15.5 Å². The Morgan fingerprint density at radius 1 is 1.05 bits per heavy atom. The summed E-state index contributed by atoms with van der Waals surface area (Å²) < 4.78 is 13.4. The van der Waals surface area contributed by atoms with Gasteiger partial charge in [0.2, 0.25) is 0 Å². The van der Waals surface area contributed by atoms with E-state index in [4.69, 9.17) is 10.2 Å². The number of hydrogen-bond acceptors (Lipinski definition) is 3. The molecule has 0 heterocycles. The summed E-state index contributed by atoms with van der Waals surface area (Å²) >= 11 is 0. The van der Waals surface area contributed by atoms with E-state index in [-0.39, 0.29) is 22.5 Å². The zero-order valence-electron chi connectivity index (χ0n) is 11.1. The standard InChI is InChI=1S/C15H12FNO4/c1-8-2-3-13(12(4-8)15(20)21)17-11-6-9(14(18)19)5-10(16)7-11/h2-7,17H,1H3,(H,18,19)(H,20,21).